The highest BCUT2D eigenvalue weighted by Crippen LogP contribution is 1.88. The maximum absolute atomic E-state index is 9.98. The molecule has 0 spiro atoms. The number of hydrogen-bond acceptors (Lipinski definition) is 5. The molecular formula is C6H14N2O3. The standard InChI is InChI=1S/C6H14N2O3/c7-3-6(11)8-5(4-10)1-2-9/h2,5-6,8,10-11H,1,3-4,7H2/t5-,6?/m0/s1. The fourth-order valence-electron chi connectivity index (χ4n) is 0.652. The Hall–Kier alpha value is -0.490. The number of aliphatic hydroxyl groups is 2. The molecule has 5 N–H and O–H groups in total. The molecule has 2 atom stereocenters. The molecule has 11 heavy (non-hydrogen) atoms. The number of rotatable bonds is 6. The zero-order chi connectivity index (χ0) is 8.69. The minimum atomic E-state index is -0.855. The van der Waals surface area contributed by atoms with Crippen molar-refractivity contribution >= 4 is 6.29 Å². The van der Waals surface area contributed by atoms with Gasteiger partial charge in [0.25, 0.3) is 0 Å². The van der Waals surface area contributed by atoms with Gasteiger partial charge in [0.05, 0.1) is 6.61 Å². The monoisotopic (exact) mass is 162 g/mol. The summed E-state index contributed by atoms with van der Waals surface area (Å²) in [4.78, 5) is 9.98. The van der Waals surface area contributed by atoms with Crippen molar-refractivity contribution in [1.29, 1.82) is 0 Å². The van der Waals surface area contributed by atoms with E-state index in [0.717, 1.165) is 0 Å². The zero-order valence-electron chi connectivity index (χ0n) is 6.23. The second-order valence-electron chi connectivity index (χ2n) is 2.20. The van der Waals surface area contributed by atoms with Crippen LogP contribution in [0, 0.1) is 0 Å². The molecular weight excluding hydrogens is 148 g/mol. The summed E-state index contributed by atoms with van der Waals surface area (Å²) in [5.41, 5.74) is 5.09. The van der Waals surface area contributed by atoms with Gasteiger partial charge in [-0.25, -0.2) is 0 Å². The summed E-state index contributed by atoms with van der Waals surface area (Å²) in [6.45, 7) is -0.120. The fraction of sp³-hybridized carbons (Fsp3) is 0.833. The van der Waals surface area contributed by atoms with Crippen molar-refractivity contribution in [2.24, 2.45) is 5.73 Å². The molecule has 0 aromatic carbocycles. The topological polar surface area (TPSA) is 95.6 Å². The largest absolute Gasteiger partial charge is 0.395 e. The van der Waals surface area contributed by atoms with Crippen molar-refractivity contribution in [1.82, 2.24) is 5.32 Å². The second-order valence-corrected chi connectivity index (χ2v) is 2.20. The smallest absolute Gasteiger partial charge is 0.121 e. The first-order chi connectivity index (χ1) is 5.24. The predicted octanol–water partition coefficient (Wildman–Crippen LogP) is -2.20. The maximum Gasteiger partial charge on any atom is 0.121 e. The number of nitrogens with one attached hydrogen (secondary N) is 1. The van der Waals surface area contributed by atoms with E-state index in [1.54, 1.807) is 0 Å². The van der Waals surface area contributed by atoms with E-state index < -0.39 is 12.3 Å². The highest BCUT2D eigenvalue weighted by Gasteiger charge is 2.09. The summed E-state index contributed by atoms with van der Waals surface area (Å²) in [6, 6.07) is -0.397. The highest BCUT2D eigenvalue weighted by molar-refractivity contribution is 5.50. The molecule has 0 aliphatic heterocycles. The van der Waals surface area contributed by atoms with Crippen molar-refractivity contribution < 1.29 is 15.0 Å². The van der Waals surface area contributed by atoms with E-state index in [4.69, 9.17) is 15.9 Å². The van der Waals surface area contributed by atoms with Crippen molar-refractivity contribution in [3.05, 3.63) is 0 Å². The molecule has 0 heterocycles. The lowest BCUT2D eigenvalue weighted by Crippen LogP contribution is -2.44. The molecule has 66 valence electrons. The van der Waals surface area contributed by atoms with Crippen molar-refractivity contribution in [2.75, 3.05) is 13.2 Å². The van der Waals surface area contributed by atoms with E-state index in [-0.39, 0.29) is 19.6 Å². The van der Waals surface area contributed by atoms with Crippen LogP contribution < -0.4 is 11.1 Å². The Morgan fingerprint density at radius 1 is 1.64 bits per heavy atom. The van der Waals surface area contributed by atoms with Crippen LogP contribution in [0.2, 0.25) is 0 Å². The van der Waals surface area contributed by atoms with Gasteiger partial charge in [-0.15, -0.1) is 0 Å². The van der Waals surface area contributed by atoms with Crippen LogP contribution in [-0.4, -0.2) is 41.9 Å². The lowest BCUT2D eigenvalue weighted by atomic mass is 10.2. The SMILES string of the molecule is NCC(O)N[C@H](CO)CC=O. The fourth-order valence-corrected chi connectivity index (χ4v) is 0.652. The molecule has 0 aromatic rings. The molecule has 0 amide bonds. The van der Waals surface area contributed by atoms with Gasteiger partial charge in [-0.05, 0) is 0 Å². The summed E-state index contributed by atoms with van der Waals surface area (Å²) in [7, 11) is 0. The van der Waals surface area contributed by atoms with Crippen molar-refractivity contribution in [2.45, 2.75) is 18.7 Å². The van der Waals surface area contributed by atoms with Crippen LogP contribution in [0.1, 0.15) is 6.42 Å². The van der Waals surface area contributed by atoms with Crippen LogP contribution >= 0.6 is 0 Å². The molecule has 5 nitrogen and oxygen atoms in total. The lowest BCUT2D eigenvalue weighted by Gasteiger charge is -2.17. The minimum Gasteiger partial charge on any atom is -0.395 e. The summed E-state index contributed by atoms with van der Waals surface area (Å²) in [6.07, 6.45) is -0.00267. The first-order valence-electron chi connectivity index (χ1n) is 3.43. The summed E-state index contributed by atoms with van der Waals surface area (Å²) in [5, 5.41) is 20.1. The van der Waals surface area contributed by atoms with E-state index in [0.29, 0.717) is 6.29 Å². The first-order valence-corrected chi connectivity index (χ1v) is 3.43. The summed E-state index contributed by atoms with van der Waals surface area (Å²) in [5.74, 6) is 0. The zero-order valence-corrected chi connectivity index (χ0v) is 6.23. The Bertz CT molecular complexity index is 110. The highest BCUT2D eigenvalue weighted by atomic mass is 16.3. The Morgan fingerprint density at radius 3 is 2.64 bits per heavy atom. The van der Waals surface area contributed by atoms with Crippen LogP contribution in [0.5, 0.6) is 0 Å². The molecule has 0 aliphatic carbocycles. The first kappa shape index (κ1) is 10.5. The number of nitrogens with two attached hydrogens (primary N) is 1. The van der Waals surface area contributed by atoms with Gasteiger partial charge in [0.1, 0.15) is 12.5 Å². The van der Waals surface area contributed by atoms with Gasteiger partial charge in [0.15, 0.2) is 0 Å². The Morgan fingerprint density at radius 2 is 2.27 bits per heavy atom. The lowest BCUT2D eigenvalue weighted by molar-refractivity contribution is -0.108. The van der Waals surface area contributed by atoms with Crippen LogP contribution in [-0.2, 0) is 4.79 Å². The number of aliphatic hydroxyl groups excluding tert-OH is 2. The second kappa shape index (κ2) is 6.23. The van der Waals surface area contributed by atoms with E-state index in [9.17, 15) is 4.79 Å². The molecule has 0 fully saturated rings. The molecule has 0 aliphatic rings. The van der Waals surface area contributed by atoms with E-state index >= 15 is 0 Å². The molecule has 5 heteroatoms. The van der Waals surface area contributed by atoms with E-state index in [1.165, 1.54) is 0 Å². The summed E-state index contributed by atoms with van der Waals surface area (Å²) < 4.78 is 0. The molecule has 0 rings (SSSR count). The van der Waals surface area contributed by atoms with Gasteiger partial charge in [-0.1, -0.05) is 0 Å². The average Bonchev–Trinajstić information content (AvgIpc) is 2.03. The van der Waals surface area contributed by atoms with Crippen LogP contribution in [0.4, 0.5) is 0 Å². The Kier molecular flexibility index (Phi) is 5.96. The van der Waals surface area contributed by atoms with Gasteiger partial charge in [0, 0.05) is 19.0 Å². The Balaban J connectivity index is 3.57. The van der Waals surface area contributed by atoms with Crippen molar-refractivity contribution in [3.8, 4) is 0 Å². The normalized spacial score (nSPS) is 15.9. The van der Waals surface area contributed by atoms with E-state index in [2.05, 4.69) is 5.32 Å². The molecule has 0 aromatic heterocycles. The minimum absolute atomic E-state index is 0.0648. The number of carbonyl (C=O) groups is 1. The van der Waals surface area contributed by atoms with Gasteiger partial charge < -0.3 is 20.7 Å². The van der Waals surface area contributed by atoms with Crippen molar-refractivity contribution in [3.63, 3.8) is 0 Å². The van der Waals surface area contributed by atoms with E-state index in [1.807, 2.05) is 0 Å². The van der Waals surface area contributed by atoms with Crippen LogP contribution in [0.3, 0.4) is 0 Å². The summed E-state index contributed by atoms with van der Waals surface area (Å²) >= 11 is 0. The van der Waals surface area contributed by atoms with Gasteiger partial charge in [-0.2, -0.15) is 0 Å². The van der Waals surface area contributed by atoms with Gasteiger partial charge >= 0.3 is 0 Å². The third-order valence-electron chi connectivity index (χ3n) is 1.25. The third kappa shape index (κ3) is 4.86. The van der Waals surface area contributed by atoms with Crippen LogP contribution in [0.25, 0.3) is 0 Å². The molecule has 0 bridgehead atoms. The average molecular weight is 162 g/mol. The Labute approximate surface area is 65.2 Å². The molecule has 0 radical (unpaired) electrons. The number of carbonyl (C=O) groups excluding carboxylic acids is 1. The van der Waals surface area contributed by atoms with Crippen LogP contribution in [0.15, 0.2) is 0 Å². The molecule has 0 saturated heterocycles. The predicted molar refractivity (Wildman–Crippen MR) is 39.8 cm³/mol. The quantitative estimate of drug-likeness (QED) is 0.263. The molecule has 1 unspecified atom stereocenters. The number of hydrogen-bond donors (Lipinski definition) is 4. The van der Waals surface area contributed by atoms with Gasteiger partial charge in [0.2, 0.25) is 0 Å². The third-order valence-corrected chi connectivity index (χ3v) is 1.25. The van der Waals surface area contributed by atoms with Gasteiger partial charge in [-0.3, -0.25) is 5.32 Å². The maximum atomic E-state index is 9.98. The molecule has 0 saturated carbocycles. The number of aldehydes is 1.